The number of nitrogen functional groups attached to an aromatic ring is 1. The van der Waals surface area contributed by atoms with Crippen LogP contribution in [-0.4, -0.2) is 10.9 Å². The minimum absolute atomic E-state index is 0.231. The Labute approximate surface area is 187 Å². The molecule has 0 radical (unpaired) electrons. The topological polar surface area (TPSA) is 68.0 Å². The zero-order valence-electron chi connectivity index (χ0n) is 16.4. The Kier molecular flexibility index (Phi) is 5.01. The average Bonchev–Trinajstić information content (AvgIpc) is 3.38. The summed E-state index contributed by atoms with van der Waals surface area (Å²) in [5.41, 5.74) is 12.3. The summed E-state index contributed by atoms with van der Waals surface area (Å²) in [6.45, 7) is 1.93. The van der Waals surface area contributed by atoms with Gasteiger partial charge in [-0.25, -0.2) is 4.98 Å². The molecule has 3 N–H and O–H groups in total. The number of hydrogen-bond acceptors (Lipinski definition) is 5. The molecule has 0 fully saturated rings. The van der Waals surface area contributed by atoms with Gasteiger partial charge in [0.2, 0.25) is 0 Å². The van der Waals surface area contributed by atoms with E-state index < -0.39 is 0 Å². The molecule has 0 aliphatic heterocycles. The number of anilines is 2. The lowest BCUT2D eigenvalue weighted by Crippen LogP contribution is -2.12. The maximum absolute atomic E-state index is 13.1. The molecule has 1 amide bonds. The summed E-state index contributed by atoms with van der Waals surface area (Å²) < 4.78 is 0. The number of thiophene rings is 2. The van der Waals surface area contributed by atoms with Gasteiger partial charge in [-0.15, -0.1) is 22.7 Å². The molecular formula is C23H20ClN3OS2. The Morgan fingerprint density at radius 3 is 2.83 bits per heavy atom. The highest BCUT2D eigenvalue weighted by molar-refractivity contribution is 7.21. The summed E-state index contributed by atoms with van der Waals surface area (Å²) in [7, 11) is 0. The van der Waals surface area contributed by atoms with E-state index in [1.807, 2.05) is 19.1 Å². The van der Waals surface area contributed by atoms with Crippen LogP contribution in [0.2, 0.25) is 5.02 Å². The van der Waals surface area contributed by atoms with Crippen molar-refractivity contribution < 1.29 is 4.79 Å². The van der Waals surface area contributed by atoms with Gasteiger partial charge in [-0.1, -0.05) is 23.7 Å². The van der Waals surface area contributed by atoms with Crippen molar-refractivity contribution in [3.63, 3.8) is 0 Å². The molecule has 0 spiro atoms. The Bertz CT molecular complexity index is 1280. The van der Waals surface area contributed by atoms with Crippen LogP contribution < -0.4 is 11.1 Å². The molecular weight excluding hydrogens is 434 g/mol. The van der Waals surface area contributed by atoms with E-state index in [1.54, 1.807) is 17.4 Å². The standard InChI is InChI=1S/C23H20ClN3OS2/c1-12-8-9-13(11-15(12)24)26-22(28)21-20(25)19-18(17-7-4-10-29-17)14-5-2-3-6-16(14)27-23(19)30-21/h4,7-11H,2-3,5-6,25H2,1H3,(H,26,28). The molecule has 1 aliphatic carbocycles. The fourth-order valence-corrected chi connectivity index (χ4v) is 6.03. The third-order valence-electron chi connectivity index (χ3n) is 5.56. The van der Waals surface area contributed by atoms with Crippen molar-refractivity contribution in [1.29, 1.82) is 0 Å². The number of amides is 1. The number of benzene rings is 1. The Hall–Kier alpha value is -2.41. The largest absolute Gasteiger partial charge is 0.397 e. The predicted octanol–water partition coefficient (Wildman–Crippen LogP) is 6.70. The number of carbonyl (C=O) groups is 1. The number of aromatic nitrogens is 1. The second kappa shape index (κ2) is 7.69. The van der Waals surface area contributed by atoms with Crippen molar-refractivity contribution >= 4 is 61.8 Å². The van der Waals surface area contributed by atoms with Gasteiger partial charge in [-0.05, 0) is 67.3 Å². The Balaban J connectivity index is 1.64. The number of halogens is 1. The van der Waals surface area contributed by atoms with Gasteiger partial charge in [0.15, 0.2) is 0 Å². The summed E-state index contributed by atoms with van der Waals surface area (Å²) in [4.78, 5) is 20.5. The molecule has 0 unspecified atom stereocenters. The molecule has 30 heavy (non-hydrogen) atoms. The predicted molar refractivity (Wildman–Crippen MR) is 128 cm³/mol. The van der Waals surface area contributed by atoms with E-state index >= 15 is 0 Å². The molecule has 0 saturated carbocycles. The van der Waals surface area contributed by atoms with E-state index in [0.29, 0.717) is 21.3 Å². The SMILES string of the molecule is Cc1ccc(NC(=O)c2sc3nc4c(c(-c5cccs5)c3c2N)CCCC4)cc1Cl. The van der Waals surface area contributed by atoms with E-state index in [9.17, 15) is 4.79 Å². The van der Waals surface area contributed by atoms with Gasteiger partial charge in [-0.3, -0.25) is 4.79 Å². The van der Waals surface area contributed by atoms with Crippen LogP contribution in [0.4, 0.5) is 11.4 Å². The first kappa shape index (κ1) is 19.5. The Morgan fingerprint density at radius 1 is 1.23 bits per heavy atom. The van der Waals surface area contributed by atoms with E-state index in [0.717, 1.165) is 52.7 Å². The van der Waals surface area contributed by atoms with Crippen LogP contribution in [-0.2, 0) is 12.8 Å². The summed E-state index contributed by atoms with van der Waals surface area (Å²) in [6, 6.07) is 9.66. The van der Waals surface area contributed by atoms with Crippen LogP contribution in [0, 0.1) is 6.92 Å². The van der Waals surface area contributed by atoms with Crippen molar-refractivity contribution in [2.45, 2.75) is 32.6 Å². The first-order chi connectivity index (χ1) is 14.5. The number of aryl methyl sites for hydroxylation is 2. The van der Waals surface area contributed by atoms with Crippen molar-refractivity contribution in [3.05, 3.63) is 62.4 Å². The van der Waals surface area contributed by atoms with Gasteiger partial charge < -0.3 is 11.1 Å². The van der Waals surface area contributed by atoms with E-state index in [2.05, 4.69) is 22.8 Å². The second-order valence-corrected chi connectivity index (χ2v) is 9.89. The molecule has 4 aromatic rings. The summed E-state index contributed by atoms with van der Waals surface area (Å²) in [5.74, 6) is -0.231. The van der Waals surface area contributed by atoms with Crippen LogP contribution in [0.1, 0.15) is 39.3 Å². The van der Waals surface area contributed by atoms with Crippen LogP contribution >= 0.6 is 34.3 Å². The first-order valence-electron chi connectivity index (χ1n) is 9.88. The number of hydrogen-bond donors (Lipinski definition) is 2. The molecule has 152 valence electrons. The third kappa shape index (κ3) is 3.29. The van der Waals surface area contributed by atoms with E-state index in [-0.39, 0.29) is 5.91 Å². The molecule has 7 heteroatoms. The van der Waals surface area contributed by atoms with Crippen molar-refractivity contribution in [1.82, 2.24) is 4.98 Å². The number of carbonyl (C=O) groups excluding carboxylic acids is 1. The highest BCUT2D eigenvalue weighted by Crippen LogP contribution is 2.45. The number of nitrogens with two attached hydrogens (primary N) is 1. The number of pyridine rings is 1. The van der Waals surface area contributed by atoms with Gasteiger partial charge in [0, 0.05) is 32.2 Å². The highest BCUT2D eigenvalue weighted by Gasteiger charge is 2.26. The monoisotopic (exact) mass is 453 g/mol. The molecule has 3 heterocycles. The number of nitrogens with zero attached hydrogens (tertiary/aromatic N) is 1. The van der Waals surface area contributed by atoms with Crippen LogP contribution in [0.15, 0.2) is 35.7 Å². The van der Waals surface area contributed by atoms with E-state index in [4.69, 9.17) is 22.3 Å². The summed E-state index contributed by atoms with van der Waals surface area (Å²) in [6.07, 6.45) is 4.29. The lowest BCUT2D eigenvalue weighted by Gasteiger charge is -2.19. The number of fused-ring (bicyclic) bond motifs is 2. The Morgan fingerprint density at radius 2 is 2.07 bits per heavy atom. The number of rotatable bonds is 3. The highest BCUT2D eigenvalue weighted by atomic mass is 35.5. The maximum atomic E-state index is 13.1. The van der Waals surface area contributed by atoms with Gasteiger partial charge in [-0.2, -0.15) is 0 Å². The third-order valence-corrected chi connectivity index (χ3v) is 7.95. The van der Waals surface area contributed by atoms with Crippen LogP contribution in [0.3, 0.4) is 0 Å². The minimum Gasteiger partial charge on any atom is -0.397 e. The zero-order valence-corrected chi connectivity index (χ0v) is 18.8. The van der Waals surface area contributed by atoms with Gasteiger partial charge >= 0.3 is 0 Å². The molecule has 0 bridgehead atoms. The van der Waals surface area contributed by atoms with Crippen molar-refractivity contribution in [2.75, 3.05) is 11.1 Å². The summed E-state index contributed by atoms with van der Waals surface area (Å²) >= 11 is 9.28. The summed E-state index contributed by atoms with van der Waals surface area (Å²) in [5, 5.41) is 6.54. The van der Waals surface area contributed by atoms with Gasteiger partial charge in [0.25, 0.3) is 5.91 Å². The molecule has 1 aromatic carbocycles. The molecule has 1 aliphatic rings. The lowest BCUT2D eigenvalue weighted by molar-refractivity contribution is 0.103. The van der Waals surface area contributed by atoms with Gasteiger partial charge in [0.05, 0.1) is 5.69 Å². The normalized spacial score (nSPS) is 13.4. The molecule has 0 atom stereocenters. The van der Waals surface area contributed by atoms with Crippen LogP contribution in [0.25, 0.3) is 20.7 Å². The first-order valence-corrected chi connectivity index (χ1v) is 12.0. The fourth-order valence-electron chi connectivity index (χ4n) is 4.03. The fraction of sp³-hybridized carbons (Fsp3) is 0.217. The van der Waals surface area contributed by atoms with Crippen molar-refractivity contribution in [2.24, 2.45) is 0 Å². The molecule has 4 nitrogen and oxygen atoms in total. The smallest absolute Gasteiger partial charge is 0.267 e. The second-order valence-electron chi connectivity index (χ2n) is 7.54. The average molecular weight is 454 g/mol. The lowest BCUT2D eigenvalue weighted by atomic mass is 9.90. The molecule has 3 aromatic heterocycles. The minimum atomic E-state index is -0.231. The van der Waals surface area contributed by atoms with Crippen LogP contribution in [0.5, 0.6) is 0 Å². The van der Waals surface area contributed by atoms with E-state index in [1.165, 1.54) is 21.8 Å². The molecule has 0 saturated heterocycles. The maximum Gasteiger partial charge on any atom is 0.267 e. The number of nitrogens with one attached hydrogen (secondary N) is 1. The zero-order chi connectivity index (χ0) is 20.8. The molecule has 5 rings (SSSR count). The van der Waals surface area contributed by atoms with Crippen molar-refractivity contribution in [3.8, 4) is 10.4 Å². The van der Waals surface area contributed by atoms with Gasteiger partial charge in [0.1, 0.15) is 9.71 Å². The quantitative estimate of drug-likeness (QED) is 0.362.